The lowest BCUT2D eigenvalue weighted by Gasteiger charge is -1.88. The van der Waals surface area contributed by atoms with E-state index in [-0.39, 0.29) is 11.6 Å². The number of nitrogens with one attached hydrogen (secondary N) is 1. The van der Waals surface area contributed by atoms with Gasteiger partial charge in [0, 0.05) is 5.92 Å². The highest BCUT2D eigenvalue weighted by atomic mass is 16.4. The van der Waals surface area contributed by atoms with Crippen molar-refractivity contribution in [2.24, 2.45) is 0 Å². The molecule has 6 nitrogen and oxygen atoms in total. The van der Waals surface area contributed by atoms with Crippen LogP contribution in [-0.4, -0.2) is 32.1 Å². The normalized spacial score (nSPS) is 15.4. The first-order valence-electron chi connectivity index (χ1n) is 4.16. The summed E-state index contributed by atoms with van der Waals surface area (Å²) in [5.74, 6) is -1.92. The highest BCUT2D eigenvalue weighted by Gasteiger charge is 2.31. The van der Waals surface area contributed by atoms with Crippen LogP contribution in [-0.2, 0) is 0 Å². The van der Waals surface area contributed by atoms with E-state index in [9.17, 15) is 9.59 Å². The zero-order chi connectivity index (χ0) is 10.3. The predicted octanol–water partition coefficient (Wildman–Crippen LogP) is 0.683. The molecule has 0 unspecified atom stereocenters. The van der Waals surface area contributed by atoms with Gasteiger partial charge in [0.15, 0.2) is 11.4 Å². The maximum Gasteiger partial charge on any atom is 0.357 e. The third-order valence-corrected chi connectivity index (χ3v) is 2.10. The Morgan fingerprint density at radius 1 is 1.29 bits per heavy atom. The SMILES string of the molecule is O=C(O)c1nc(C2CC2)[nH]c1C(=O)O. The van der Waals surface area contributed by atoms with Crippen molar-refractivity contribution in [3.63, 3.8) is 0 Å². The van der Waals surface area contributed by atoms with Crippen LogP contribution in [0, 0.1) is 0 Å². The van der Waals surface area contributed by atoms with Gasteiger partial charge < -0.3 is 15.2 Å². The minimum atomic E-state index is -1.31. The summed E-state index contributed by atoms with van der Waals surface area (Å²) in [5, 5.41) is 17.4. The second-order valence-electron chi connectivity index (χ2n) is 3.23. The Kier molecular flexibility index (Phi) is 1.77. The van der Waals surface area contributed by atoms with Crippen LogP contribution in [0.3, 0.4) is 0 Å². The lowest BCUT2D eigenvalue weighted by molar-refractivity contribution is 0.0644. The Bertz CT molecular complexity index is 374. The maximum absolute atomic E-state index is 10.6. The number of rotatable bonds is 3. The van der Waals surface area contributed by atoms with E-state index in [1.165, 1.54) is 0 Å². The second-order valence-corrected chi connectivity index (χ2v) is 3.23. The van der Waals surface area contributed by atoms with E-state index >= 15 is 0 Å². The number of aromatic nitrogens is 2. The molecule has 1 aliphatic rings. The van der Waals surface area contributed by atoms with Crippen LogP contribution in [0.4, 0.5) is 0 Å². The van der Waals surface area contributed by atoms with Gasteiger partial charge in [0.25, 0.3) is 0 Å². The molecular formula is C8H8N2O4. The highest BCUT2D eigenvalue weighted by molar-refractivity contribution is 5.98. The number of carboxylic acids is 2. The number of hydrogen-bond donors (Lipinski definition) is 3. The smallest absolute Gasteiger partial charge is 0.357 e. The largest absolute Gasteiger partial charge is 0.477 e. The van der Waals surface area contributed by atoms with Gasteiger partial charge in [-0.3, -0.25) is 0 Å². The van der Waals surface area contributed by atoms with Crippen molar-refractivity contribution in [1.29, 1.82) is 0 Å². The summed E-state index contributed by atoms with van der Waals surface area (Å²) < 4.78 is 0. The Hall–Kier alpha value is -1.85. The van der Waals surface area contributed by atoms with Crippen molar-refractivity contribution in [3.05, 3.63) is 17.2 Å². The Morgan fingerprint density at radius 3 is 2.29 bits per heavy atom. The highest BCUT2D eigenvalue weighted by Crippen LogP contribution is 2.38. The predicted molar refractivity (Wildman–Crippen MR) is 44.5 cm³/mol. The van der Waals surface area contributed by atoms with Gasteiger partial charge in [-0.2, -0.15) is 0 Å². The van der Waals surface area contributed by atoms with Gasteiger partial charge in [0.05, 0.1) is 0 Å². The lowest BCUT2D eigenvalue weighted by atomic mass is 10.3. The van der Waals surface area contributed by atoms with Crippen molar-refractivity contribution >= 4 is 11.9 Å². The molecule has 1 saturated carbocycles. The molecule has 1 heterocycles. The summed E-state index contributed by atoms with van der Waals surface area (Å²) in [6.45, 7) is 0. The molecule has 1 aliphatic carbocycles. The number of H-pyrrole nitrogens is 1. The van der Waals surface area contributed by atoms with Gasteiger partial charge in [-0.25, -0.2) is 14.6 Å². The third-order valence-electron chi connectivity index (χ3n) is 2.10. The van der Waals surface area contributed by atoms with Gasteiger partial charge in [-0.05, 0) is 12.8 Å². The van der Waals surface area contributed by atoms with E-state index in [0.29, 0.717) is 5.82 Å². The minimum absolute atomic E-state index is 0.209. The van der Waals surface area contributed by atoms with Crippen molar-refractivity contribution < 1.29 is 19.8 Å². The summed E-state index contributed by atoms with van der Waals surface area (Å²) >= 11 is 0. The Morgan fingerprint density at radius 2 is 1.93 bits per heavy atom. The molecule has 0 amide bonds. The number of carboxylic acid groups (broad SMARTS) is 2. The molecule has 0 radical (unpaired) electrons. The molecule has 3 N–H and O–H groups in total. The van der Waals surface area contributed by atoms with Crippen LogP contribution in [0.15, 0.2) is 0 Å². The minimum Gasteiger partial charge on any atom is -0.477 e. The fraction of sp³-hybridized carbons (Fsp3) is 0.375. The quantitative estimate of drug-likeness (QED) is 0.659. The summed E-state index contributed by atoms with van der Waals surface area (Å²) in [6.07, 6.45) is 1.87. The summed E-state index contributed by atoms with van der Waals surface area (Å²) in [5.41, 5.74) is -0.737. The van der Waals surface area contributed by atoms with Crippen LogP contribution in [0.25, 0.3) is 0 Å². The summed E-state index contributed by atoms with van der Waals surface area (Å²) in [6, 6.07) is 0. The van der Waals surface area contributed by atoms with E-state index in [1.54, 1.807) is 0 Å². The average Bonchev–Trinajstić information content (AvgIpc) is 2.83. The fourth-order valence-electron chi connectivity index (χ4n) is 1.25. The van der Waals surface area contributed by atoms with Crippen LogP contribution >= 0.6 is 0 Å². The number of aromatic amines is 1. The van der Waals surface area contributed by atoms with Crippen molar-refractivity contribution in [1.82, 2.24) is 9.97 Å². The van der Waals surface area contributed by atoms with Crippen LogP contribution in [0.5, 0.6) is 0 Å². The Labute approximate surface area is 78.6 Å². The summed E-state index contributed by atoms with van der Waals surface area (Å²) in [4.78, 5) is 27.6. The molecule has 74 valence electrons. The van der Waals surface area contributed by atoms with Gasteiger partial charge in [0.1, 0.15) is 5.82 Å². The van der Waals surface area contributed by atoms with E-state index in [4.69, 9.17) is 10.2 Å². The molecule has 1 aromatic heterocycles. The number of hydrogen-bond acceptors (Lipinski definition) is 3. The van der Waals surface area contributed by atoms with E-state index in [0.717, 1.165) is 12.8 Å². The molecule has 1 fully saturated rings. The van der Waals surface area contributed by atoms with E-state index in [2.05, 4.69) is 9.97 Å². The topological polar surface area (TPSA) is 103 Å². The van der Waals surface area contributed by atoms with Gasteiger partial charge in [-0.15, -0.1) is 0 Å². The Balaban J connectivity index is 2.44. The zero-order valence-corrected chi connectivity index (χ0v) is 7.15. The van der Waals surface area contributed by atoms with E-state index < -0.39 is 17.6 Å². The standard InChI is InChI=1S/C8H8N2O4/c11-7(12)4-5(8(13)14)10-6(9-4)3-1-2-3/h3H,1-2H2,(H,9,10)(H,11,12)(H,13,14). The summed E-state index contributed by atoms with van der Waals surface area (Å²) in [7, 11) is 0. The fourth-order valence-corrected chi connectivity index (χ4v) is 1.25. The monoisotopic (exact) mass is 196 g/mol. The molecular weight excluding hydrogens is 188 g/mol. The van der Waals surface area contributed by atoms with Crippen LogP contribution in [0.1, 0.15) is 45.6 Å². The van der Waals surface area contributed by atoms with Gasteiger partial charge >= 0.3 is 11.9 Å². The molecule has 6 heteroatoms. The van der Waals surface area contributed by atoms with Gasteiger partial charge in [-0.1, -0.05) is 0 Å². The molecule has 14 heavy (non-hydrogen) atoms. The van der Waals surface area contributed by atoms with Crippen LogP contribution < -0.4 is 0 Å². The maximum atomic E-state index is 10.6. The number of carbonyl (C=O) groups is 2. The zero-order valence-electron chi connectivity index (χ0n) is 7.15. The molecule has 2 rings (SSSR count). The molecule has 1 aromatic rings. The molecule has 0 aromatic carbocycles. The second kappa shape index (κ2) is 2.83. The van der Waals surface area contributed by atoms with Crippen molar-refractivity contribution in [2.75, 3.05) is 0 Å². The molecule has 0 aliphatic heterocycles. The van der Waals surface area contributed by atoms with Crippen molar-refractivity contribution in [2.45, 2.75) is 18.8 Å². The first-order valence-corrected chi connectivity index (χ1v) is 4.16. The molecule has 0 saturated heterocycles. The molecule has 0 atom stereocenters. The van der Waals surface area contributed by atoms with Crippen LogP contribution in [0.2, 0.25) is 0 Å². The first-order chi connectivity index (χ1) is 6.59. The molecule has 0 spiro atoms. The first kappa shape index (κ1) is 8.74. The van der Waals surface area contributed by atoms with Crippen molar-refractivity contribution in [3.8, 4) is 0 Å². The number of imidazole rings is 1. The third kappa shape index (κ3) is 1.34. The van der Waals surface area contributed by atoms with E-state index in [1.807, 2.05) is 0 Å². The van der Waals surface area contributed by atoms with Gasteiger partial charge in [0.2, 0.25) is 0 Å². The number of aromatic carboxylic acids is 2. The molecule has 0 bridgehead atoms. The number of nitrogens with zero attached hydrogens (tertiary/aromatic N) is 1. The average molecular weight is 196 g/mol. The lowest BCUT2D eigenvalue weighted by Crippen LogP contribution is -2.07.